The Labute approximate surface area is 280 Å². The Balaban J connectivity index is 1.42. The van der Waals surface area contributed by atoms with Crippen LogP contribution >= 0.6 is 23.2 Å². The minimum atomic E-state index is -1.39. The van der Waals surface area contributed by atoms with Crippen LogP contribution in [0.3, 0.4) is 0 Å². The molecule has 3 fully saturated rings. The molecule has 0 bridgehead atoms. The maximum absolute atomic E-state index is 14.5. The summed E-state index contributed by atoms with van der Waals surface area (Å²) in [5, 5.41) is 19.2. The molecule has 2 aliphatic carbocycles. The number of carboxylic acid groups (broad SMARTS) is 1. The lowest BCUT2D eigenvalue weighted by atomic mass is 9.51. The fourth-order valence-electron chi connectivity index (χ4n) is 8.19. The molecular weight excluding hydrogens is 654 g/mol. The Kier molecular flexibility index (Phi) is 8.59. The van der Waals surface area contributed by atoms with Gasteiger partial charge in [-0.25, -0.2) is 9.29 Å². The number of methoxy groups -OCH3 is 1. The largest absolute Gasteiger partial charge is 0.503 e. The van der Waals surface area contributed by atoms with Crippen LogP contribution in [0, 0.1) is 34.9 Å². The van der Waals surface area contributed by atoms with Gasteiger partial charge in [0.1, 0.15) is 5.82 Å². The van der Waals surface area contributed by atoms with Crippen LogP contribution < -0.4 is 9.64 Å². The molecule has 2 heterocycles. The Morgan fingerprint density at radius 2 is 1.77 bits per heavy atom. The molecule has 6 rings (SSSR count). The predicted molar refractivity (Wildman–Crippen MR) is 169 cm³/mol. The predicted octanol–water partition coefficient (Wildman–Crippen LogP) is 5.72. The average Bonchev–Trinajstić information content (AvgIpc) is 3.39. The van der Waals surface area contributed by atoms with E-state index in [4.69, 9.17) is 33.0 Å². The molecule has 0 unspecified atom stereocenters. The quantitative estimate of drug-likeness (QED) is 0.194. The monoisotopic (exact) mass is 686 g/mol. The second kappa shape index (κ2) is 12.2. The highest BCUT2D eigenvalue weighted by Gasteiger charge is 2.67. The van der Waals surface area contributed by atoms with E-state index in [1.165, 1.54) is 30.2 Å². The Bertz CT molecular complexity index is 1750. The first-order valence-corrected chi connectivity index (χ1v) is 16.2. The third-order valence-corrected chi connectivity index (χ3v) is 11.0. The van der Waals surface area contributed by atoms with Crippen molar-refractivity contribution in [3.63, 3.8) is 0 Å². The molecule has 13 heteroatoms. The molecule has 2 saturated heterocycles. The summed E-state index contributed by atoms with van der Waals surface area (Å²) >= 11 is 12.5. The summed E-state index contributed by atoms with van der Waals surface area (Å²) < 4.78 is 19.5. The summed E-state index contributed by atoms with van der Waals surface area (Å²) in [6.07, 6.45) is 3.69. The number of carboxylic acids is 1. The lowest BCUT2D eigenvalue weighted by Crippen LogP contribution is -2.48. The number of phenols is 1. The number of amides is 4. The fourth-order valence-corrected chi connectivity index (χ4v) is 8.58. The smallest absolute Gasteiger partial charge is 0.303 e. The molecule has 6 atom stereocenters. The zero-order valence-corrected chi connectivity index (χ0v) is 27.2. The summed E-state index contributed by atoms with van der Waals surface area (Å²) in [6.45, 7) is 1.85. The van der Waals surface area contributed by atoms with Crippen LogP contribution in [0.15, 0.2) is 42.0 Å². The number of rotatable bonds is 9. The molecule has 2 aromatic carbocycles. The van der Waals surface area contributed by atoms with E-state index in [1.54, 1.807) is 13.0 Å². The summed E-state index contributed by atoms with van der Waals surface area (Å²) in [7, 11) is 1.36. The van der Waals surface area contributed by atoms with Gasteiger partial charge in [-0.3, -0.25) is 28.9 Å². The van der Waals surface area contributed by atoms with E-state index in [1.807, 2.05) is 6.08 Å². The second-order valence-corrected chi connectivity index (χ2v) is 13.7. The van der Waals surface area contributed by atoms with Gasteiger partial charge in [-0.2, -0.15) is 0 Å². The summed E-state index contributed by atoms with van der Waals surface area (Å²) in [4.78, 5) is 69.5. The molecule has 2 aliphatic heterocycles. The first-order valence-electron chi connectivity index (χ1n) is 15.5. The van der Waals surface area contributed by atoms with Gasteiger partial charge < -0.3 is 14.9 Å². The molecule has 2 N–H and O–H groups in total. The molecule has 0 radical (unpaired) electrons. The molecule has 10 nitrogen and oxygen atoms in total. The summed E-state index contributed by atoms with van der Waals surface area (Å²) in [5.74, 6) is -7.29. The van der Waals surface area contributed by atoms with Crippen molar-refractivity contribution in [1.29, 1.82) is 0 Å². The highest BCUT2D eigenvalue weighted by atomic mass is 35.5. The number of hydrogen-bond donors (Lipinski definition) is 2. The maximum Gasteiger partial charge on any atom is 0.303 e. The molecule has 0 spiro atoms. The number of benzene rings is 2. The number of nitrogens with zero attached hydrogens (tertiary/aromatic N) is 2. The number of likely N-dealkylation sites (tertiary alicyclic amines) is 1. The van der Waals surface area contributed by atoms with Gasteiger partial charge in [0.2, 0.25) is 23.6 Å². The number of ether oxygens (including phenoxy) is 1. The first kappa shape index (κ1) is 33.0. The normalized spacial score (nSPS) is 28.3. The van der Waals surface area contributed by atoms with E-state index in [0.29, 0.717) is 24.8 Å². The third-order valence-electron chi connectivity index (χ3n) is 10.4. The number of carbonyl (C=O) groups is 5. The number of unbranched alkanes of at least 4 members (excludes halogenated alkanes) is 2. The molecule has 47 heavy (non-hydrogen) atoms. The van der Waals surface area contributed by atoms with Crippen LogP contribution in [0.2, 0.25) is 10.0 Å². The number of aromatic hydroxyl groups is 1. The number of aliphatic carboxylic acids is 1. The zero-order chi connectivity index (χ0) is 33.9. The zero-order valence-electron chi connectivity index (χ0n) is 25.7. The molecule has 4 aliphatic rings. The van der Waals surface area contributed by atoms with Crippen molar-refractivity contribution in [3.05, 3.63) is 63.4 Å². The molecule has 2 aromatic rings. The van der Waals surface area contributed by atoms with Gasteiger partial charge in [-0.05, 0) is 74.4 Å². The van der Waals surface area contributed by atoms with Crippen LogP contribution in [0.25, 0.3) is 0 Å². The van der Waals surface area contributed by atoms with Crippen LogP contribution in [0.5, 0.6) is 11.5 Å². The van der Waals surface area contributed by atoms with Gasteiger partial charge in [-0.1, -0.05) is 41.3 Å². The van der Waals surface area contributed by atoms with Crippen molar-refractivity contribution in [2.45, 2.75) is 51.4 Å². The van der Waals surface area contributed by atoms with E-state index < -0.39 is 58.6 Å². The van der Waals surface area contributed by atoms with Crippen LogP contribution in [0.4, 0.5) is 10.1 Å². The number of anilines is 1. The van der Waals surface area contributed by atoms with Crippen molar-refractivity contribution >= 4 is 58.5 Å². The fraction of sp³-hybridized carbons (Fsp3) is 0.441. The van der Waals surface area contributed by atoms with E-state index in [-0.39, 0.29) is 64.9 Å². The number of phenolic OH excluding ortho intramolecular Hbond substituents is 1. The van der Waals surface area contributed by atoms with E-state index in [9.17, 15) is 33.5 Å². The van der Waals surface area contributed by atoms with Crippen molar-refractivity contribution in [2.75, 3.05) is 18.6 Å². The molecule has 4 amide bonds. The van der Waals surface area contributed by atoms with Gasteiger partial charge in [0.25, 0.3) is 0 Å². The number of halogens is 3. The topological polar surface area (TPSA) is 142 Å². The maximum atomic E-state index is 14.5. The van der Waals surface area contributed by atoms with Crippen molar-refractivity contribution in [1.82, 2.24) is 4.90 Å². The minimum Gasteiger partial charge on any atom is -0.503 e. The summed E-state index contributed by atoms with van der Waals surface area (Å²) in [6, 6.07) is 6.68. The van der Waals surface area contributed by atoms with E-state index in [2.05, 4.69) is 0 Å². The van der Waals surface area contributed by atoms with Crippen molar-refractivity contribution < 1.29 is 43.3 Å². The second-order valence-electron chi connectivity index (χ2n) is 12.8. The Morgan fingerprint density at radius 1 is 1.02 bits per heavy atom. The minimum absolute atomic E-state index is 0.00397. The number of hydrogen-bond acceptors (Lipinski definition) is 7. The Morgan fingerprint density at radius 3 is 2.45 bits per heavy atom. The SMILES string of the molecule is COc1cc([C@H]2C3=CC[C@@H]4C(=O)N(CCCCCC(=O)O)C(=O)[C@@H]4[C@@H]3C[C@H]3C(=O)N(c4ccc(F)c(Cl)c4)C(=O)[C@@]23C)cc(Cl)c1O. The standard InChI is InChI=1S/C34H33Cl2FN2O8/c1-34-21(31(44)39(33(34)46)17-7-10-24(37)22(35)14-17)15-20-18(28(34)16-12-23(36)29(42)25(13-16)47-2)8-9-19-27(20)32(45)38(30(19)43)11-5-3-4-6-26(40)41/h7-8,10,12-14,19-21,27-28,42H,3-6,9,11,15H2,1-2H3,(H,40,41)/t19-,20+,21-,27-,28-,34+/m0/s1. The average molecular weight is 688 g/mol. The van der Waals surface area contributed by atoms with Crippen LogP contribution in [0.1, 0.15) is 56.9 Å². The number of imide groups is 2. The number of allylic oxidation sites excluding steroid dienone is 2. The van der Waals surface area contributed by atoms with Gasteiger partial charge in [0, 0.05) is 18.9 Å². The van der Waals surface area contributed by atoms with Gasteiger partial charge in [0.05, 0.1) is 46.0 Å². The first-order chi connectivity index (χ1) is 22.3. The molecule has 0 aromatic heterocycles. The van der Waals surface area contributed by atoms with Gasteiger partial charge >= 0.3 is 5.97 Å². The van der Waals surface area contributed by atoms with E-state index in [0.717, 1.165) is 16.5 Å². The van der Waals surface area contributed by atoms with Gasteiger partial charge in [0.15, 0.2) is 11.5 Å². The lowest BCUT2D eigenvalue weighted by Gasteiger charge is -2.49. The number of fused-ring (bicyclic) bond motifs is 4. The Hall–Kier alpha value is -3.96. The van der Waals surface area contributed by atoms with Crippen LogP contribution in [-0.2, 0) is 24.0 Å². The van der Waals surface area contributed by atoms with Crippen LogP contribution in [-0.4, -0.2) is 58.4 Å². The molecular formula is C34H33Cl2FN2O8. The van der Waals surface area contributed by atoms with Crippen molar-refractivity contribution in [2.24, 2.45) is 29.1 Å². The van der Waals surface area contributed by atoms with Gasteiger partial charge in [-0.15, -0.1) is 0 Å². The highest BCUT2D eigenvalue weighted by Crippen LogP contribution is 2.64. The lowest BCUT2D eigenvalue weighted by molar-refractivity contribution is -0.141. The van der Waals surface area contributed by atoms with Crippen molar-refractivity contribution in [3.8, 4) is 11.5 Å². The molecule has 248 valence electrons. The highest BCUT2D eigenvalue weighted by molar-refractivity contribution is 6.32. The van der Waals surface area contributed by atoms with E-state index >= 15 is 0 Å². The molecule has 1 saturated carbocycles. The third kappa shape index (κ3) is 5.18. The number of carbonyl (C=O) groups excluding carboxylic acids is 4. The summed E-state index contributed by atoms with van der Waals surface area (Å²) in [5.41, 5.74) is -0.0799.